The van der Waals surface area contributed by atoms with Crippen LogP contribution in [0, 0.1) is 0 Å². The average molecular weight is 561 g/mol. The van der Waals surface area contributed by atoms with E-state index < -0.39 is 0 Å². The normalized spacial score (nSPS) is 22.4. The topological polar surface area (TPSA) is 131 Å². The Hall–Kier alpha value is -3.77. The van der Waals surface area contributed by atoms with Crippen molar-refractivity contribution in [3.63, 3.8) is 0 Å². The van der Waals surface area contributed by atoms with Crippen molar-refractivity contribution in [3.8, 4) is 5.82 Å². The maximum Gasteiger partial charge on any atom is 0.248 e. The van der Waals surface area contributed by atoms with Crippen molar-refractivity contribution >= 4 is 29.3 Å². The third kappa shape index (κ3) is 6.43. The Kier molecular flexibility index (Phi) is 8.28. The van der Waals surface area contributed by atoms with Gasteiger partial charge in [0, 0.05) is 64.0 Å². The van der Waals surface area contributed by atoms with Gasteiger partial charge >= 0.3 is 0 Å². The molecule has 3 aromatic rings. The zero-order chi connectivity index (χ0) is 28.2. The summed E-state index contributed by atoms with van der Waals surface area (Å²) < 4.78 is 7.05. The molecule has 41 heavy (non-hydrogen) atoms. The second-order valence-electron chi connectivity index (χ2n) is 11.2. The molecular weight excluding hydrogens is 520 g/mol. The Morgan fingerprint density at radius 3 is 2.46 bits per heavy atom. The summed E-state index contributed by atoms with van der Waals surface area (Å²) >= 11 is 0. The molecule has 3 aliphatic rings. The van der Waals surface area contributed by atoms with Gasteiger partial charge in [0.1, 0.15) is 12.1 Å². The molecule has 2 aliphatic heterocycles. The SMILES string of the molecule is CC(=O)N1CCCN(c2cc(-n3nc(Nc4ccc([C@H]5CC[C@@H](N6CCOCC6)CC5)cc4)nc3N)ncn2)CC1. The molecule has 1 aliphatic carbocycles. The highest BCUT2D eigenvalue weighted by atomic mass is 16.5. The number of carbonyl (C=O) groups excluding carboxylic acids is 1. The lowest BCUT2D eigenvalue weighted by atomic mass is 9.81. The molecule has 0 radical (unpaired) electrons. The molecule has 0 unspecified atom stereocenters. The molecule has 0 bridgehead atoms. The van der Waals surface area contributed by atoms with Crippen molar-refractivity contribution in [2.24, 2.45) is 0 Å². The Labute approximate surface area is 240 Å². The predicted molar refractivity (Wildman–Crippen MR) is 158 cm³/mol. The van der Waals surface area contributed by atoms with Crippen molar-refractivity contribution in [3.05, 3.63) is 42.2 Å². The first kappa shape index (κ1) is 27.4. The van der Waals surface area contributed by atoms with Gasteiger partial charge in [0.25, 0.3) is 0 Å². The fourth-order valence-electron chi connectivity index (χ4n) is 6.32. The summed E-state index contributed by atoms with van der Waals surface area (Å²) in [5.41, 5.74) is 8.54. The van der Waals surface area contributed by atoms with Crippen molar-refractivity contribution in [1.29, 1.82) is 0 Å². The first-order chi connectivity index (χ1) is 20.0. The molecule has 12 heteroatoms. The van der Waals surface area contributed by atoms with E-state index in [4.69, 9.17) is 10.5 Å². The fraction of sp³-hybridized carbons (Fsp3) is 0.552. The van der Waals surface area contributed by atoms with Gasteiger partial charge in [-0.3, -0.25) is 9.69 Å². The smallest absolute Gasteiger partial charge is 0.248 e. The average Bonchev–Trinajstić information content (AvgIpc) is 3.20. The van der Waals surface area contributed by atoms with Crippen LogP contribution in [0.5, 0.6) is 0 Å². The maximum absolute atomic E-state index is 11.8. The van der Waals surface area contributed by atoms with E-state index in [0.717, 1.165) is 57.3 Å². The predicted octanol–water partition coefficient (Wildman–Crippen LogP) is 2.80. The molecule has 1 aromatic carbocycles. The van der Waals surface area contributed by atoms with E-state index in [1.165, 1.54) is 42.3 Å². The Bertz CT molecular complexity index is 1320. The number of hydrogen-bond donors (Lipinski definition) is 2. The van der Waals surface area contributed by atoms with E-state index in [-0.39, 0.29) is 11.9 Å². The van der Waals surface area contributed by atoms with Gasteiger partial charge in [-0.2, -0.15) is 9.67 Å². The Morgan fingerprint density at radius 2 is 1.71 bits per heavy atom. The molecule has 4 heterocycles. The van der Waals surface area contributed by atoms with Gasteiger partial charge in [-0.1, -0.05) is 12.1 Å². The highest BCUT2D eigenvalue weighted by Crippen LogP contribution is 2.35. The molecule has 6 rings (SSSR count). The molecule has 1 saturated carbocycles. The lowest BCUT2D eigenvalue weighted by Crippen LogP contribution is -2.44. The first-order valence-corrected chi connectivity index (χ1v) is 14.8. The van der Waals surface area contributed by atoms with Crippen LogP contribution in [0.1, 0.15) is 50.5 Å². The molecule has 1 amide bonds. The second kappa shape index (κ2) is 12.4. The number of ether oxygens (including phenoxy) is 1. The van der Waals surface area contributed by atoms with Crippen molar-refractivity contribution < 1.29 is 9.53 Å². The van der Waals surface area contributed by atoms with Crippen LogP contribution in [0.25, 0.3) is 5.82 Å². The summed E-state index contributed by atoms with van der Waals surface area (Å²) in [6.45, 7) is 8.44. The molecular formula is C29H40N10O2. The molecule has 0 atom stereocenters. The van der Waals surface area contributed by atoms with E-state index in [1.807, 2.05) is 11.0 Å². The largest absolute Gasteiger partial charge is 0.379 e. The quantitative estimate of drug-likeness (QED) is 0.464. The fourth-order valence-corrected chi connectivity index (χ4v) is 6.32. The summed E-state index contributed by atoms with van der Waals surface area (Å²) in [5, 5.41) is 7.86. The number of benzene rings is 1. The standard InChI is InChI=1S/C29H40N10O2/c1-21(40)36-11-2-12-38(14-13-36)26-19-27(32-20-31-26)39-28(30)34-29(35-39)33-24-7-3-22(4-8-24)23-5-9-25(10-6-23)37-15-17-41-18-16-37/h3-4,7-8,19-20,23,25H,2,5-6,9-18H2,1H3,(H3,30,33,34,35)/t23-,25+. The van der Waals surface area contributed by atoms with E-state index in [9.17, 15) is 4.79 Å². The Balaban J connectivity index is 1.07. The lowest BCUT2D eigenvalue weighted by molar-refractivity contribution is -0.128. The number of anilines is 4. The van der Waals surface area contributed by atoms with Crippen LogP contribution in [0.2, 0.25) is 0 Å². The van der Waals surface area contributed by atoms with E-state index in [2.05, 4.69) is 59.4 Å². The Morgan fingerprint density at radius 1 is 0.951 bits per heavy atom. The lowest BCUT2D eigenvalue weighted by Gasteiger charge is -2.38. The number of morpholine rings is 1. The second-order valence-corrected chi connectivity index (χ2v) is 11.2. The summed E-state index contributed by atoms with van der Waals surface area (Å²) in [5.74, 6) is 2.68. The van der Waals surface area contributed by atoms with Crippen LogP contribution >= 0.6 is 0 Å². The van der Waals surface area contributed by atoms with Crippen molar-refractivity contribution in [2.45, 2.75) is 51.0 Å². The van der Waals surface area contributed by atoms with Crippen molar-refractivity contribution in [1.82, 2.24) is 34.5 Å². The van der Waals surface area contributed by atoms with Crippen molar-refractivity contribution in [2.75, 3.05) is 68.4 Å². The highest BCUT2D eigenvalue weighted by Gasteiger charge is 2.27. The zero-order valence-corrected chi connectivity index (χ0v) is 23.8. The molecule has 3 N–H and O–H groups in total. The summed E-state index contributed by atoms with van der Waals surface area (Å²) in [7, 11) is 0. The van der Waals surface area contributed by atoms with Gasteiger partial charge in [-0.15, -0.1) is 5.10 Å². The highest BCUT2D eigenvalue weighted by molar-refractivity contribution is 5.73. The van der Waals surface area contributed by atoms with Crippen LogP contribution < -0.4 is 16.0 Å². The molecule has 12 nitrogen and oxygen atoms in total. The zero-order valence-electron chi connectivity index (χ0n) is 23.8. The number of hydrogen-bond acceptors (Lipinski definition) is 10. The van der Waals surface area contributed by atoms with Gasteiger partial charge in [0.05, 0.1) is 13.2 Å². The molecule has 0 spiro atoms. The molecule has 2 saturated heterocycles. The van der Waals surface area contributed by atoms with Gasteiger partial charge in [-0.25, -0.2) is 9.97 Å². The van der Waals surface area contributed by atoms with E-state index >= 15 is 0 Å². The van der Waals surface area contributed by atoms with Gasteiger partial charge in [0.2, 0.25) is 17.8 Å². The number of aromatic nitrogens is 5. The van der Waals surface area contributed by atoms with Crippen LogP contribution in [-0.4, -0.2) is 99.0 Å². The monoisotopic (exact) mass is 560 g/mol. The van der Waals surface area contributed by atoms with E-state index in [0.29, 0.717) is 36.8 Å². The van der Waals surface area contributed by atoms with Crippen LogP contribution in [-0.2, 0) is 9.53 Å². The number of rotatable bonds is 6. The summed E-state index contributed by atoms with van der Waals surface area (Å²) in [6, 6.07) is 11.2. The minimum absolute atomic E-state index is 0.104. The summed E-state index contributed by atoms with van der Waals surface area (Å²) in [4.78, 5) is 31.7. The van der Waals surface area contributed by atoms with E-state index in [1.54, 1.807) is 6.92 Å². The number of amides is 1. The van der Waals surface area contributed by atoms with Gasteiger partial charge in [-0.05, 0) is 55.7 Å². The summed E-state index contributed by atoms with van der Waals surface area (Å²) in [6.07, 6.45) is 7.36. The molecule has 2 aromatic heterocycles. The van der Waals surface area contributed by atoms with Crippen LogP contribution in [0.4, 0.5) is 23.4 Å². The number of nitrogens with one attached hydrogen (secondary N) is 1. The number of nitrogens with zero attached hydrogens (tertiary/aromatic N) is 8. The first-order valence-electron chi connectivity index (χ1n) is 14.8. The number of carbonyl (C=O) groups is 1. The molecule has 218 valence electrons. The third-order valence-corrected chi connectivity index (χ3v) is 8.65. The minimum atomic E-state index is 0.104. The maximum atomic E-state index is 11.8. The van der Waals surface area contributed by atoms with Gasteiger partial charge < -0.3 is 25.6 Å². The number of nitrogen functional groups attached to an aromatic ring is 1. The van der Waals surface area contributed by atoms with Gasteiger partial charge in [0.15, 0.2) is 5.82 Å². The van der Waals surface area contributed by atoms with Crippen LogP contribution in [0.3, 0.4) is 0 Å². The number of nitrogens with two attached hydrogens (primary N) is 1. The molecule has 3 fully saturated rings. The van der Waals surface area contributed by atoms with Crippen LogP contribution in [0.15, 0.2) is 36.7 Å². The minimum Gasteiger partial charge on any atom is -0.379 e. The third-order valence-electron chi connectivity index (χ3n) is 8.65.